The minimum Gasteiger partial charge on any atom is -0.321 e. The number of carbonyl (C=O) groups excluding carboxylic acids is 1. The molecule has 0 aliphatic carbocycles. The molecule has 1 fully saturated rings. The molecule has 1 amide bonds. The predicted octanol–water partition coefficient (Wildman–Crippen LogP) is 3.11. The smallest absolute Gasteiger partial charge is 0.255 e. The Morgan fingerprint density at radius 2 is 1.48 bits per heavy atom. The molecule has 0 radical (unpaired) electrons. The number of likely N-dealkylation sites (N-methyl/N-ethyl adjacent to an activating group) is 1. The third-order valence-electron chi connectivity index (χ3n) is 5.47. The van der Waals surface area contributed by atoms with Crippen LogP contribution in [0.1, 0.15) is 32.6 Å². The van der Waals surface area contributed by atoms with Gasteiger partial charge in [-0.1, -0.05) is 23.8 Å². The second-order valence-corrected chi connectivity index (χ2v) is 9.85. The van der Waals surface area contributed by atoms with E-state index in [4.69, 9.17) is 0 Å². The molecule has 29 heavy (non-hydrogen) atoms. The van der Waals surface area contributed by atoms with E-state index in [1.165, 1.54) is 10.4 Å². The van der Waals surface area contributed by atoms with Crippen molar-refractivity contribution in [1.82, 2.24) is 9.21 Å². The SMILES string of the molecule is Cc1cc(C)c(NC(=O)c2cc(S(=O)(=O)N3CCN(C)CC3)ccc2C)c(C)c1. The molecule has 0 spiro atoms. The third kappa shape index (κ3) is 4.52. The fourth-order valence-electron chi connectivity index (χ4n) is 3.74. The summed E-state index contributed by atoms with van der Waals surface area (Å²) in [7, 11) is -1.65. The van der Waals surface area contributed by atoms with Gasteiger partial charge in [0, 0.05) is 37.4 Å². The highest BCUT2D eigenvalue weighted by molar-refractivity contribution is 7.89. The molecule has 0 atom stereocenters. The van der Waals surface area contributed by atoms with Crippen molar-refractivity contribution >= 4 is 21.6 Å². The van der Waals surface area contributed by atoms with E-state index in [9.17, 15) is 13.2 Å². The Balaban J connectivity index is 1.90. The van der Waals surface area contributed by atoms with Gasteiger partial charge in [-0.2, -0.15) is 4.31 Å². The number of nitrogens with one attached hydrogen (secondary N) is 1. The van der Waals surface area contributed by atoms with Gasteiger partial charge < -0.3 is 10.2 Å². The normalized spacial score (nSPS) is 16.0. The molecule has 3 rings (SSSR count). The Kier molecular flexibility index (Phi) is 6.12. The van der Waals surface area contributed by atoms with Gasteiger partial charge in [0.1, 0.15) is 0 Å². The highest BCUT2D eigenvalue weighted by Gasteiger charge is 2.28. The molecular formula is C22H29N3O3S. The number of hydrogen-bond acceptors (Lipinski definition) is 4. The van der Waals surface area contributed by atoms with Gasteiger partial charge in [0.15, 0.2) is 0 Å². The van der Waals surface area contributed by atoms with Crippen molar-refractivity contribution in [1.29, 1.82) is 0 Å². The van der Waals surface area contributed by atoms with Crippen LogP contribution in [0.3, 0.4) is 0 Å². The zero-order chi connectivity index (χ0) is 21.3. The van der Waals surface area contributed by atoms with Gasteiger partial charge in [0.05, 0.1) is 4.90 Å². The fourth-order valence-corrected chi connectivity index (χ4v) is 5.19. The number of nitrogens with zero attached hydrogens (tertiary/aromatic N) is 2. The van der Waals surface area contributed by atoms with Crippen LogP contribution in [-0.2, 0) is 10.0 Å². The monoisotopic (exact) mass is 415 g/mol. The first kappa shape index (κ1) is 21.5. The number of rotatable bonds is 4. The van der Waals surface area contributed by atoms with Gasteiger partial charge in [-0.05, 0) is 63.6 Å². The van der Waals surface area contributed by atoms with Crippen LogP contribution in [0.2, 0.25) is 0 Å². The minimum atomic E-state index is -3.63. The number of carbonyl (C=O) groups is 1. The van der Waals surface area contributed by atoms with Crippen molar-refractivity contribution in [3.05, 3.63) is 58.1 Å². The summed E-state index contributed by atoms with van der Waals surface area (Å²) >= 11 is 0. The van der Waals surface area contributed by atoms with Crippen LogP contribution in [-0.4, -0.2) is 56.8 Å². The first-order valence-electron chi connectivity index (χ1n) is 9.78. The van der Waals surface area contributed by atoms with Crippen molar-refractivity contribution in [2.45, 2.75) is 32.6 Å². The first-order valence-corrected chi connectivity index (χ1v) is 11.2. The summed E-state index contributed by atoms with van der Waals surface area (Å²) in [5.41, 5.74) is 4.98. The summed E-state index contributed by atoms with van der Waals surface area (Å²) in [5, 5.41) is 2.97. The van der Waals surface area contributed by atoms with Gasteiger partial charge in [0.2, 0.25) is 10.0 Å². The number of amides is 1. The summed E-state index contributed by atoms with van der Waals surface area (Å²) in [4.78, 5) is 15.3. The van der Waals surface area contributed by atoms with E-state index in [0.29, 0.717) is 31.7 Å². The molecule has 1 aliphatic rings. The molecule has 2 aromatic rings. The van der Waals surface area contributed by atoms with Gasteiger partial charge in [-0.3, -0.25) is 4.79 Å². The molecule has 2 aromatic carbocycles. The van der Waals surface area contributed by atoms with Crippen molar-refractivity contribution < 1.29 is 13.2 Å². The maximum atomic E-state index is 13.1. The van der Waals surface area contributed by atoms with Gasteiger partial charge in [0.25, 0.3) is 5.91 Å². The van der Waals surface area contributed by atoms with Crippen LogP contribution in [0.15, 0.2) is 35.2 Å². The first-order chi connectivity index (χ1) is 13.6. The van der Waals surface area contributed by atoms with E-state index < -0.39 is 10.0 Å². The minimum absolute atomic E-state index is 0.162. The number of piperazine rings is 1. The Hall–Kier alpha value is -2.22. The molecule has 6 nitrogen and oxygen atoms in total. The lowest BCUT2D eigenvalue weighted by molar-refractivity contribution is 0.102. The molecule has 0 bridgehead atoms. The summed E-state index contributed by atoms with van der Waals surface area (Å²) in [6.07, 6.45) is 0. The number of hydrogen-bond donors (Lipinski definition) is 1. The molecule has 1 heterocycles. The Bertz CT molecular complexity index is 1020. The molecule has 0 saturated carbocycles. The fraction of sp³-hybridized carbons (Fsp3) is 0.409. The van der Waals surface area contributed by atoms with Crippen LogP contribution in [0, 0.1) is 27.7 Å². The van der Waals surface area contributed by atoms with Crippen LogP contribution < -0.4 is 5.32 Å². The Morgan fingerprint density at radius 1 is 0.897 bits per heavy atom. The lowest BCUT2D eigenvalue weighted by Gasteiger charge is -2.31. The zero-order valence-electron chi connectivity index (χ0n) is 17.7. The topological polar surface area (TPSA) is 69.7 Å². The lowest BCUT2D eigenvalue weighted by Crippen LogP contribution is -2.47. The summed E-state index contributed by atoms with van der Waals surface area (Å²) in [6, 6.07) is 8.82. The molecule has 1 N–H and O–H groups in total. The number of anilines is 1. The van der Waals surface area contributed by atoms with E-state index in [-0.39, 0.29) is 10.8 Å². The predicted molar refractivity (Wildman–Crippen MR) is 116 cm³/mol. The summed E-state index contributed by atoms with van der Waals surface area (Å²) in [5.74, 6) is -0.298. The van der Waals surface area contributed by atoms with Crippen LogP contribution >= 0.6 is 0 Å². The van der Waals surface area contributed by atoms with Crippen LogP contribution in [0.25, 0.3) is 0 Å². The molecule has 1 saturated heterocycles. The number of sulfonamides is 1. The molecule has 0 aromatic heterocycles. The molecule has 7 heteroatoms. The highest BCUT2D eigenvalue weighted by Crippen LogP contribution is 2.25. The number of benzene rings is 2. The van der Waals surface area contributed by atoms with E-state index in [0.717, 1.165) is 27.9 Å². The van der Waals surface area contributed by atoms with Crippen molar-refractivity contribution in [2.75, 3.05) is 38.5 Å². The lowest BCUT2D eigenvalue weighted by atomic mass is 10.0. The summed E-state index contributed by atoms with van der Waals surface area (Å²) < 4.78 is 27.6. The van der Waals surface area contributed by atoms with Gasteiger partial charge >= 0.3 is 0 Å². The zero-order valence-corrected chi connectivity index (χ0v) is 18.6. The van der Waals surface area contributed by atoms with Crippen molar-refractivity contribution in [2.24, 2.45) is 0 Å². The average molecular weight is 416 g/mol. The highest BCUT2D eigenvalue weighted by atomic mass is 32.2. The van der Waals surface area contributed by atoms with E-state index >= 15 is 0 Å². The molecule has 1 aliphatic heterocycles. The van der Waals surface area contributed by atoms with Crippen LogP contribution in [0.5, 0.6) is 0 Å². The van der Waals surface area contributed by atoms with Crippen molar-refractivity contribution in [3.63, 3.8) is 0 Å². The van der Waals surface area contributed by atoms with Crippen molar-refractivity contribution in [3.8, 4) is 0 Å². The largest absolute Gasteiger partial charge is 0.321 e. The van der Waals surface area contributed by atoms with Gasteiger partial charge in [-0.15, -0.1) is 0 Å². The Labute approximate surface area is 173 Å². The Morgan fingerprint density at radius 3 is 2.07 bits per heavy atom. The van der Waals surface area contributed by atoms with E-state index in [2.05, 4.69) is 10.2 Å². The van der Waals surface area contributed by atoms with E-state index in [1.807, 2.05) is 46.9 Å². The van der Waals surface area contributed by atoms with Crippen LogP contribution in [0.4, 0.5) is 5.69 Å². The maximum absolute atomic E-state index is 13.1. The van der Waals surface area contributed by atoms with Gasteiger partial charge in [-0.25, -0.2) is 8.42 Å². The molecule has 156 valence electrons. The average Bonchev–Trinajstić information content (AvgIpc) is 2.65. The van der Waals surface area contributed by atoms with E-state index in [1.54, 1.807) is 12.1 Å². The quantitative estimate of drug-likeness (QED) is 0.833. The second kappa shape index (κ2) is 8.26. The third-order valence-corrected chi connectivity index (χ3v) is 7.36. The molecular weight excluding hydrogens is 386 g/mol. The maximum Gasteiger partial charge on any atom is 0.255 e. The second-order valence-electron chi connectivity index (χ2n) is 7.91. The standard InChI is InChI=1S/C22H29N3O3S/c1-15-12-17(3)21(18(4)13-15)23-22(26)20-14-19(7-6-16(20)2)29(27,28)25-10-8-24(5)9-11-25/h6-7,12-14H,8-11H2,1-5H3,(H,23,26). The molecule has 0 unspecified atom stereocenters. The summed E-state index contributed by atoms with van der Waals surface area (Å²) in [6.45, 7) is 10.0. The number of aryl methyl sites for hydroxylation is 4.